The topological polar surface area (TPSA) is 23.6 Å². The third-order valence-electron chi connectivity index (χ3n) is 2.03. The molecule has 1 heterocycles. The minimum Gasteiger partial charge on any atom is -0.333 e. The summed E-state index contributed by atoms with van der Waals surface area (Å²) < 4.78 is 13.6. The van der Waals surface area contributed by atoms with Gasteiger partial charge in [0, 0.05) is 6.54 Å². The molecule has 4 heteroatoms. The van der Waals surface area contributed by atoms with Gasteiger partial charge in [0.25, 0.3) is 0 Å². The van der Waals surface area contributed by atoms with E-state index in [9.17, 15) is 9.18 Å². The van der Waals surface area contributed by atoms with E-state index < -0.39 is 5.67 Å². The van der Waals surface area contributed by atoms with E-state index in [2.05, 4.69) is 6.58 Å². The summed E-state index contributed by atoms with van der Waals surface area (Å²) in [5.74, 6) is -0.188. The van der Waals surface area contributed by atoms with Crippen LogP contribution in [0.5, 0.6) is 0 Å². The molecule has 0 aromatic heterocycles. The number of rotatable bonds is 3. The van der Waals surface area contributed by atoms with Gasteiger partial charge in [0.15, 0.2) is 5.67 Å². The van der Waals surface area contributed by atoms with Crippen LogP contribution in [0.2, 0.25) is 0 Å². The van der Waals surface area contributed by atoms with Crippen molar-refractivity contribution >= 4 is 5.91 Å². The van der Waals surface area contributed by atoms with E-state index in [0.29, 0.717) is 6.54 Å². The average Bonchev–Trinajstić information content (AvgIpc) is 1.97. The van der Waals surface area contributed by atoms with Gasteiger partial charge >= 0.3 is 0 Å². The molecule has 1 rings (SSSR count). The van der Waals surface area contributed by atoms with E-state index in [1.807, 2.05) is 14.1 Å². The highest BCUT2D eigenvalue weighted by Gasteiger charge is 2.45. The Hall–Kier alpha value is -0.900. The molecule has 1 amide bonds. The second kappa shape index (κ2) is 3.46. The third kappa shape index (κ3) is 2.28. The van der Waals surface area contributed by atoms with Gasteiger partial charge < -0.3 is 9.80 Å². The molecule has 0 bridgehead atoms. The lowest BCUT2D eigenvalue weighted by atomic mass is 9.96. The highest BCUT2D eigenvalue weighted by molar-refractivity contribution is 5.87. The number of amides is 1. The van der Waals surface area contributed by atoms with E-state index in [1.165, 1.54) is 11.0 Å². The molecule has 0 aromatic carbocycles. The average molecular weight is 186 g/mol. The quantitative estimate of drug-likeness (QED) is 0.591. The maximum Gasteiger partial charge on any atom is 0.246 e. The molecule has 0 saturated carbocycles. The molecular formula is C9H15FN2O. The highest BCUT2D eigenvalue weighted by atomic mass is 19.1. The predicted octanol–water partition coefficient (Wildman–Crippen LogP) is 0.284. The lowest BCUT2D eigenvalue weighted by Gasteiger charge is -2.45. The Balaban J connectivity index is 2.38. The normalized spacial score (nSPS) is 19.8. The van der Waals surface area contributed by atoms with Crippen molar-refractivity contribution in [1.29, 1.82) is 0 Å². The molecule has 13 heavy (non-hydrogen) atoms. The van der Waals surface area contributed by atoms with E-state index >= 15 is 0 Å². The monoisotopic (exact) mass is 186 g/mol. The summed E-state index contributed by atoms with van der Waals surface area (Å²) in [4.78, 5) is 14.2. The number of halogens is 1. The minimum atomic E-state index is -1.22. The Morgan fingerprint density at radius 1 is 1.69 bits per heavy atom. The predicted molar refractivity (Wildman–Crippen MR) is 49.2 cm³/mol. The van der Waals surface area contributed by atoms with Gasteiger partial charge in [-0.25, -0.2) is 4.39 Å². The highest BCUT2D eigenvalue weighted by Crippen LogP contribution is 2.25. The third-order valence-corrected chi connectivity index (χ3v) is 2.03. The summed E-state index contributed by atoms with van der Waals surface area (Å²) in [5.41, 5.74) is -1.22. The first-order valence-corrected chi connectivity index (χ1v) is 4.22. The van der Waals surface area contributed by atoms with Crippen LogP contribution in [0.1, 0.15) is 0 Å². The number of hydrogen-bond donors (Lipinski definition) is 0. The minimum absolute atomic E-state index is 0.188. The number of likely N-dealkylation sites (tertiary alicyclic amines) is 1. The van der Waals surface area contributed by atoms with Gasteiger partial charge in [0.2, 0.25) is 5.91 Å². The van der Waals surface area contributed by atoms with Crippen molar-refractivity contribution in [3.8, 4) is 0 Å². The van der Waals surface area contributed by atoms with Crippen LogP contribution in [0.4, 0.5) is 4.39 Å². The van der Waals surface area contributed by atoms with Crippen LogP contribution in [0.3, 0.4) is 0 Å². The summed E-state index contributed by atoms with van der Waals surface area (Å²) in [6.45, 7) is 4.10. The fraction of sp³-hybridized carbons (Fsp3) is 0.667. The van der Waals surface area contributed by atoms with Crippen LogP contribution in [0.15, 0.2) is 12.7 Å². The zero-order valence-corrected chi connectivity index (χ0v) is 8.09. The smallest absolute Gasteiger partial charge is 0.246 e. The zero-order chi connectivity index (χ0) is 10.1. The second-order valence-electron chi connectivity index (χ2n) is 3.79. The van der Waals surface area contributed by atoms with Gasteiger partial charge in [-0.3, -0.25) is 4.79 Å². The molecule has 0 radical (unpaired) electrons. The molecule has 1 fully saturated rings. The van der Waals surface area contributed by atoms with Crippen LogP contribution in [0, 0.1) is 0 Å². The van der Waals surface area contributed by atoms with Gasteiger partial charge in [0.05, 0.1) is 13.1 Å². The lowest BCUT2D eigenvalue weighted by Crippen LogP contribution is -2.64. The van der Waals surface area contributed by atoms with Crippen molar-refractivity contribution < 1.29 is 9.18 Å². The Labute approximate surface area is 77.8 Å². The maximum absolute atomic E-state index is 13.6. The molecule has 1 aliphatic rings. The van der Waals surface area contributed by atoms with Gasteiger partial charge in [-0.05, 0) is 20.2 Å². The molecule has 3 nitrogen and oxygen atoms in total. The zero-order valence-electron chi connectivity index (χ0n) is 8.09. The molecule has 1 saturated heterocycles. The van der Waals surface area contributed by atoms with Crippen molar-refractivity contribution in [1.82, 2.24) is 9.80 Å². The first-order valence-electron chi connectivity index (χ1n) is 4.22. The number of carbonyl (C=O) groups is 1. The molecule has 0 spiro atoms. The van der Waals surface area contributed by atoms with Crippen molar-refractivity contribution in [3.63, 3.8) is 0 Å². The molecule has 0 N–H and O–H groups in total. The number of alkyl halides is 1. The van der Waals surface area contributed by atoms with Gasteiger partial charge in [0.1, 0.15) is 0 Å². The summed E-state index contributed by atoms with van der Waals surface area (Å²) in [7, 11) is 3.64. The van der Waals surface area contributed by atoms with Gasteiger partial charge in [-0.15, -0.1) is 0 Å². The van der Waals surface area contributed by atoms with E-state index in [-0.39, 0.29) is 19.0 Å². The Bertz CT molecular complexity index is 222. The Morgan fingerprint density at radius 2 is 2.23 bits per heavy atom. The summed E-state index contributed by atoms with van der Waals surface area (Å²) in [6, 6.07) is 0. The summed E-state index contributed by atoms with van der Waals surface area (Å²) in [5, 5.41) is 0. The molecule has 0 aliphatic carbocycles. The standard InChI is InChI=1S/C9H15FN2O/c1-4-8(13)12-6-9(10,7-12)5-11(2)3/h4H,1,5-7H2,2-3H3. The number of carbonyl (C=O) groups excluding carboxylic acids is 1. The van der Waals surface area contributed by atoms with Crippen molar-refractivity contribution in [3.05, 3.63) is 12.7 Å². The van der Waals surface area contributed by atoms with Crippen molar-refractivity contribution in [2.45, 2.75) is 5.67 Å². The molecular weight excluding hydrogens is 171 g/mol. The molecule has 74 valence electrons. The molecule has 1 aliphatic heterocycles. The Morgan fingerprint density at radius 3 is 2.62 bits per heavy atom. The van der Waals surface area contributed by atoms with Crippen LogP contribution in [0.25, 0.3) is 0 Å². The maximum atomic E-state index is 13.6. The fourth-order valence-corrected chi connectivity index (χ4v) is 1.59. The van der Waals surface area contributed by atoms with Crippen molar-refractivity contribution in [2.24, 2.45) is 0 Å². The second-order valence-corrected chi connectivity index (χ2v) is 3.79. The summed E-state index contributed by atoms with van der Waals surface area (Å²) >= 11 is 0. The fourth-order valence-electron chi connectivity index (χ4n) is 1.59. The first-order chi connectivity index (χ1) is 5.97. The molecule has 0 aromatic rings. The Kier molecular flexibility index (Phi) is 2.71. The van der Waals surface area contributed by atoms with Crippen LogP contribution >= 0.6 is 0 Å². The van der Waals surface area contributed by atoms with Gasteiger partial charge in [-0.1, -0.05) is 6.58 Å². The van der Waals surface area contributed by atoms with Crippen LogP contribution in [-0.2, 0) is 4.79 Å². The number of nitrogens with zero attached hydrogens (tertiary/aromatic N) is 2. The van der Waals surface area contributed by atoms with E-state index in [4.69, 9.17) is 0 Å². The van der Waals surface area contributed by atoms with Gasteiger partial charge in [-0.2, -0.15) is 0 Å². The molecule has 0 unspecified atom stereocenters. The van der Waals surface area contributed by atoms with Crippen LogP contribution in [-0.4, -0.2) is 55.1 Å². The molecule has 0 atom stereocenters. The van der Waals surface area contributed by atoms with Crippen molar-refractivity contribution in [2.75, 3.05) is 33.7 Å². The van der Waals surface area contributed by atoms with E-state index in [0.717, 1.165) is 0 Å². The van der Waals surface area contributed by atoms with Crippen LogP contribution < -0.4 is 0 Å². The SMILES string of the molecule is C=CC(=O)N1CC(F)(CN(C)C)C1. The first kappa shape index (κ1) is 10.2. The summed E-state index contributed by atoms with van der Waals surface area (Å²) in [6.07, 6.45) is 1.22. The van der Waals surface area contributed by atoms with E-state index in [1.54, 1.807) is 4.90 Å². The largest absolute Gasteiger partial charge is 0.333 e. The lowest BCUT2D eigenvalue weighted by molar-refractivity contribution is -0.141. The number of hydrogen-bond acceptors (Lipinski definition) is 2.